The van der Waals surface area contributed by atoms with Crippen molar-refractivity contribution in [1.29, 1.82) is 0 Å². The highest BCUT2D eigenvalue weighted by Gasteiger charge is 2.25. The molecule has 1 aliphatic heterocycles. The number of rotatable bonds is 4. The molecule has 1 N–H and O–H groups in total. The van der Waals surface area contributed by atoms with Crippen LogP contribution in [0.5, 0.6) is 5.75 Å². The van der Waals surface area contributed by atoms with Crippen LogP contribution in [0.15, 0.2) is 66.7 Å². The largest absolute Gasteiger partial charge is 0.492 e. The molecule has 1 aliphatic rings. The molecule has 4 aromatic rings. The van der Waals surface area contributed by atoms with Crippen molar-refractivity contribution >= 4 is 16.6 Å². The number of ether oxygens (including phenoxy) is 1. The van der Waals surface area contributed by atoms with Crippen molar-refractivity contribution in [3.63, 3.8) is 0 Å². The van der Waals surface area contributed by atoms with Crippen molar-refractivity contribution in [2.45, 2.75) is 13.3 Å². The third-order valence-corrected chi connectivity index (χ3v) is 5.09. The van der Waals surface area contributed by atoms with E-state index in [1.807, 2.05) is 29.8 Å². The molecular formula is C23H21N3O. The Morgan fingerprint density at radius 3 is 2.74 bits per heavy atom. The summed E-state index contributed by atoms with van der Waals surface area (Å²) >= 11 is 0. The van der Waals surface area contributed by atoms with Gasteiger partial charge in [-0.05, 0) is 36.2 Å². The van der Waals surface area contributed by atoms with Crippen LogP contribution in [0.25, 0.3) is 27.7 Å². The lowest BCUT2D eigenvalue weighted by atomic mass is 9.99. The molecular weight excluding hydrogens is 334 g/mol. The first-order chi connectivity index (χ1) is 13.4. The van der Waals surface area contributed by atoms with Crippen LogP contribution in [0.1, 0.15) is 12.5 Å². The van der Waals surface area contributed by atoms with Crippen LogP contribution in [-0.2, 0) is 6.42 Å². The fourth-order valence-corrected chi connectivity index (χ4v) is 3.91. The van der Waals surface area contributed by atoms with Gasteiger partial charge in [-0.3, -0.25) is 0 Å². The number of para-hydroxylation sites is 2. The molecule has 134 valence electrons. The van der Waals surface area contributed by atoms with Crippen molar-refractivity contribution in [3.8, 4) is 22.7 Å². The first-order valence-electron chi connectivity index (χ1n) is 9.43. The van der Waals surface area contributed by atoms with Gasteiger partial charge in [0.2, 0.25) is 0 Å². The van der Waals surface area contributed by atoms with Gasteiger partial charge in [0.15, 0.2) is 0 Å². The summed E-state index contributed by atoms with van der Waals surface area (Å²) in [4.78, 5) is 0. The minimum Gasteiger partial charge on any atom is -0.492 e. The average molecular weight is 355 g/mol. The Bertz CT molecular complexity index is 1120. The van der Waals surface area contributed by atoms with Gasteiger partial charge in [0, 0.05) is 17.7 Å². The lowest BCUT2D eigenvalue weighted by Gasteiger charge is -2.12. The Kier molecular flexibility index (Phi) is 3.82. The van der Waals surface area contributed by atoms with E-state index in [1.54, 1.807) is 0 Å². The van der Waals surface area contributed by atoms with E-state index in [4.69, 9.17) is 9.84 Å². The summed E-state index contributed by atoms with van der Waals surface area (Å²) in [5.41, 5.74) is 4.48. The molecule has 0 saturated carbocycles. The number of hydrogen-bond donors (Lipinski definition) is 1. The van der Waals surface area contributed by atoms with Gasteiger partial charge < -0.3 is 10.1 Å². The van der Waals surface area contributed by atoms with Gasteiger partial charge in [-0.1, -0.05) is 54.6 Å². The summed E-state index contributed by atoms with van der Waals surface area (Å²) < 4.78 is 7.85. The van der Waals surface area contributed by atoms with Crippen LogP contribution < -0.4 is 10.1 Å². The van der Waals surface area contributed by atoms with Crippen LogP contribution >= 0.6 is 0 Å². The summed E-state index contributed by atoms with van der Waals surface area (Å²) in [6, 6.07) is 23.0. The smallest absolute Gasteiger partial charge is 0.145 e. The zero-order valence-electron chi connectivity index (χ0n) is 15.3. The number of benzene rings is 3. The third-order valence-electron chi connectivity index (χ3n) is 5.09. The third kappa shape index (κ3) is 2.56. The summed E-state index contributed by atoms with van der Waals surface area (Å²) in [6.07, 6.45) is 0.977. The molecule has 0 atom stereocenters. The van der Waals surface area contributed by atoms with Crippen molar-refractivity contribution in [2.75, 3.05) is 18.5 Å². The molecule has 3 aromatic carbocycles. The van der Waals surface area contributed by atoms with Crippen molar-refractivity contribution in [2.24, 2.45) is 0 Å². The standard InChI is InChI=1S/C23H21N3O/c1-2-27-21-13-6-5-12-20(21)26-23-19(14-15-24-23)22(25-26)18-11-7-9-16-8-3-4-10-17(16)18/h3-13,24H,2,14-15H2,1H3. The number of anilines is 1. The fourth-order valence-electron chi connectivity index (χ4n) is 3.91. The van der Waals surface area contributed by atoms with E-state index in [2.05, 4.69) is 53.8 Å². The molecule has 0 fully saturated rings. The molecule has 0 spiro atoms. The Labute approximate surface area is 158 Å². The SMILES string of the molecule is CCOc1ccccc1-n1nc(-c2cccc3ccccc23)c2c1NCC2. The van der Waals surface area contributed by atoms with Gasteiger partial charge in [0.1, 0.15) is 17.3 Å². The molecule has 27 heavy (non-hydrogen) atoms. The van der Waals surface area contributed by atoms with E-state index >= 15 is 0 Å². The first kappa shape index (κ1) is 15.9. The molecule has 0 saturated heterocycles. The normalized spacial score (nSPS) is 12.8. The van der Waals surface area contributed by atoms with Crippen LogP contribution in [0, 0.1) is 0 Å². The Balaban J connectivity index is 1.74. The lowest BCUT2D eigenvalue weighted by molar-refractivity contribution is 0.338. The fraction of sp³-hybridized carbons (Fsp3) is 0.174. The van der Waals surface area contributed by atoms with Gasteiger partial charge in [-0.2, -0.15) is 5.10 Å². The molecule has 5 rings (SSSR count). The minimum absolute atomic E-state index is 0.629. The zero-order chi connectivity index (χ0) is 18.2. The lowest BCUT2D eigenvalue weighted by Crippen LogP contribution is -2.06. The molecule has 0 bridgehead atoms. The topological polar surface area (TPSA) is 39.1 Å². The van der Waals surface area contributed by atoms with Gasteiger partial charge >= 0.3 is 0 Å². The van der Waals surface area contributed by atoms with Crippen LogP contribution in [0.4, 0.5) is 5.82 Å². The highest BCUT2D eigenvalue weighted by molar-refractivity contribution is 5.97. The Morgan fingerprint density at radius 2 is 1.81 bits per heavy atom. The van der Waals surface area contributed by atoms with E-state index in [0.717, 1.165) is 35.9 Å². The van der Waals surface area contributed by atoms with Crippen molar-refractivity contribution in [1.82, 2.24) is 9.78 Å². The molecule has 0 amide bonds. The number of nitrogens with one attached hydrogen (secondary N) is 1. The maximum atomic E-state index is 5.85. The summed E-state index contributed by atoms with van der Waals surface area (Å²) in [6.45, 7) is 3.57. The number of nitrogens with zero attached hydrogens (tertiary/aromatic N) is 2. The second kappa shape index (κ2) is 6.47. The monoisotopic (exact) mass is 355 g/mol. The Hall–Kier alpha value is -3.27. The highest BCUT2D eigenvalue weighted by Crippen LogP contribution is 2.38. The summed E-state index contributed by atoms with van der Waals surface area (Å²) in [7, 11) is 0. The highest BCUT2D eigenvalue weighted by atomic mass is 16.5. The number of hydrogen-bond acceptors (Lipinski definition) is 3. The van der Waals surface area contributed by atoms with Gasteiger partial charge in [0.05, 0.1) is 12.3 Å². The minimum atomic E-state index is 0.629. The van der Waals surface area contributed by atoms with Crippen molar-refractivity contribution in [3.05, 3.63) is 72.3 Å². The predicted octanol–water partition coefficient (Wildman–Crippen LogP) is 5.06. The van der Waals surface area contributed by atoms with E-state index in [0.29, 0.717) is 6.61 Å². The summed E-state index contributed by atoms with van der Waals surface area (Å²) in [5.74, 6) is 1.92. The van der Waals surface area contributed by atoms with Crippen LogP contribution in [-0.4, -0.2) is 22.9 Å². The Morgan fingerprint density at radius 1 is 1.00 bits per heavy atom. The second-order valence-electron chi connectivity index (χ2n) is 6.69. The molecule has 0 aliphatic carbocycles. The van der Waals surface area contributed by atoms with Crippen LogP contribution in [0.2, 0.25) is 0 Å². The summed E-state index contributed by atoms with van der Waals surface area (Å²) in [5, 5.41) is 11.0. The number of fused-ring (bicyclic) bond motifs is 2. The zero-order valence-corrected chi connectivity index (χ0v) is 15.3. The predicted molar refractivity (Wildman–Crippen MR) is 110 cm³/mol. The van der Waals surface area contributed by atoms with Crippen LogP contribution in [0.3, 0.4) is 0 Å². The van der Waals surface area contributed by atoms with Crippen molar-refractivity contribution < 1.29 is 4.74 Å². The van der Waals surface area contributed by atoms with E-state index in [1.165, 1.54) is 21.9 Å². The molecule has 1 aromatic heterocycles. The maximum absolute atomic E-state index is 5.85. The van der Waals surface area contributed by atoms with E-state index in [-0.39, 0.29) is 0 Å². The van der Waals surface area contributed by atoms with Gasteiger partial charge in [0.25, 0.3) is 0 Å². The quantitative estimate of drug-likeness (QED) is 0.556. The number of aromatic nitrogens is 2. The molecule has 0 radical (unpaired) electrons. The average Bonchev–Trinajstić information content (AvgIpc) is 3.31. The van der Waals surface area contributed by atoms with E-state index in [9.17, 15) is 0 Å². The van der Waals surface area contributed by atoms with E-state index < -0.39 is 0 Å². The van der Waals surface area contributed by atoms with Gasteiger partial charge in [-0.25, -0.2) is 4.68 Å². The maximum Gasteiger partial charge on any atom is 0.145 e. The van der Waals surface area contributed by atoms with Gasteiger partial charge in [-0.15, -0.1) is 0 Å². The first-order valence-corrected chi connectivity index (χ1v) is 9.43. The molecule has 4 nitrogen and oxygen atoms in total. The second-order valence-corrected chi connectivity index (χ2v) is 6.69. The molecule has 4 heteroatoms. The molecule has 0 unspecified atom stereocenters. The molecule has 2 heterocycles.